The van der Waals surface area contributed by atoms with Gasteiger partial charge in [0.15, 0.2) is 0 Å². The SMILES string of the molecule is CC(C)(C)ONC(=O)C12CC3CC(CC(C3)C1)C2. The lowest BCUT2D eigenvalue weighted by Crippen LogP contribution is -2.54. The van der Waals surface area contributed by atoms with Crippen molar-refractivity contribution in [2.75, 3.05) is 0 Å². The van der Waals surface area contributed by atoms with Gasteiger partial charge in [-0.15, -0.1) is 0 Å². The molecule has 1 amide bonds. The molecule has 18 heavy (non-hydrogen) atoms. The molecule has 0 aliphatic heterocycles. The standard InChI is InChI=1S/C15H25NO2/c1-14(2,3)18-16-13(17)15-7-10-4-11(8-15)6-12(5-10)9-15/h10-12H,4-9H2,1-3H3,(H,16,17). The normalized spacial score (nSPS) is 42.1. The van der Waals surface area contributed by atoms with Crippen LogP contribution in [0.5, 0.6) is 0 Å². The molecule has 4 saturated carbocycles. The molecule has 4 rings (SSSR count). The van der Waals surface area contributed by atoms with Gasteiger partial charge in [0.05, 0.1) is 11.0 Å². The van der Waals surface area contributed by atoms with Crippen LogP contribution in [-0.4, -0.2) is 11.5 Å². The third-order valence-electron chi connectivity index (χ3n) is 4.97. The highest BCUT2D eigenvalue weighted by Gasteiger charge is 2.54. The van der Waals surface area contributed by atoms with Gasteiger partial charge in [0.1, 0.15) is 0 Å². The molecule has 3 heteroatoms. The highest BCUT2D eigenvalue weighted by atomic mass is 16.7. The molecule has 102 valence electrons. The van der Waals surface area contributed by atoms with Crippen LogP contribution in [0.3, 0.4) is 0 Å². The van der Waals surface area contributed by atoms with Gasteiger partial charge in [-0.05, 0) is 77.0 Å². The Kier molecular flexibility index (Phi) is 2.74. The van der Waals surface area contributed by atoms with E-state index in [9.17, 15) is 4.79 Å². The van der Waals surface area contributed by atoms with Crippen LogP contribution in [0.4, 0.5) is 0 Å². The molecular weight excluding hydrogens is 226 g/mol. The van der Waals surface area contributed by atoms with Crippen LogP contribution >= 0.6 is 0 Å². The quantitative estimate of drug-likeness (QED) is 0.766. The fourth-order valence-corrected chi connectivity index (χ4v) is 4.70. The molecule has 0 aromatic rings. The van der Waals surface area contributed by atoms with Crippen LogP contribution in [0.25, 0.3) is 0 Å². The zero-order valence-corrected chi connectivity index (χ0v) is 11.8. The Hall–Kier alpha value is -0.570. The van der Waals surface area contributed by atoms with Crippen LogP contribution in [-0.2, 0) is 9.63 Å². The molecule has 0 aromatic carbocycles. The monoisotopic (exact) mass is 251 g/mol. The Morgan fingerprint density at radius 2 is 1.50 bits per heavy atom. The maximum Gasteiger partial charge on any atom is 0.249 e. The van der Waals surface area contributed by atoms with E-state index in [1.165, 1.54) is 19.3 Å². The lowest BCUT2D eigenvalue weighted by Gasteiger charge is -2.55. The zero-order chi connectivity index (χ0) is 13.0. The molecule has 0 atom stereocenters. The number of amides is 1. The van der Waals surface area contributed by atoms with E-state index in [4.69, 9.17) is 4.84 Å². The maximum atomic E-state index is 12.5. The molecule has 0 heterocycles. The van der Waals surface area contributed by atoms with Crippen molar-refractivity contribution in [3.8, 4) is 0 Å². The summed E-state index contributed by atoms with van der Waals surface area (Å²) >= 11 is 0. The van der Waals surface area contributed by atoms with E-state index in [0.717, 1.165) is 37.0 Å². The van der Waals surface area contributed by atoms with Gasteiger partial charge in [-0.25, -0.2) is 5.48 Å². The van der Waals surface area contributed by atoms with E-state index in [0.29, 0.717) is 0 Å². The van der Waals surface area contributed by atoms with Gasteiger partial charge in [-0.1, -0.05) is 0 Å². The highest BCUT2D eigenvalue weighted by molar-refractivity contribution is 5.82. The second kappa shape index (κ2) is 3.96. The van der Waals surface area contributed by atoms with Crippen molar-refractivity contribution in [2.45, 2.75) is 64.9 Å². The van der Waals surface area contributed by atoms with Gasteiger partial charge in [-0.2, -0.15) is 0 Å². The van der Waals surface area contributed by atoms with Crippen molar-refractivity contribution >= 4 is 5.91 Å². The summed E-state index contributed by atoms with van der Waals surface area (Å²) < 4.78 is 0. The number of carbonyl (C=O) groups is 1. The summed E-state index contributed by atoms with van der Waals surface area (Å²) in [6.45, 7) is 5.90. The zero-order valence-electron chi connectivity index (χ0n) is 11.8. The molecule has 0 unspecified atom stereocenters. The minimum atomic E-state index is -0.308. The molecular formula is C15H25NO2. The van der Waals surface area contributed by atoms with E-state index in [1.54, 1.807) is 0 Å². The number of hydrogen-bond donors (Lipinski definition) is 1. The van der Waals surface area contributed by atoms with E-state index >= 15 is 0 Å². The molecule has 4 fully saturated rings. The van der Waals surface area contributed by atoms with Crippen LogP contribution in [0, 0.1) is 23.2 Å². The van der Waals surface area contributed by atoms with Gasteiger partial charge in [0.25, 0.3) is 0 Å². The van der Waals surface area contributed by atoms with Gasteiger partial charge < -0.3 is 0 Å². The van der Waals surface area contributed by atoms with Crippen LogP contribution < -0.4 is 5.48 Å². The van der Waals surface area contributed by atoms with Crippen molar-refractivity contribution < 1.29 is 9.63 Å². The van der Waals surface area contributed by atoms with Crippen molar-refractivity contribution in [1.29, 1.82) is 0 Å². The predicted molar refractivity (Wildman–Crippen MR) is 69.6 cm³/mol. The smallest absolute Gasteiger partial charge is 0.249 e. The first kappa shape index (κ1) is 12.5. The largest absolute Gasteiger partial charge is 0.272 e. The molecule has 1 N–H and O–H groups in total. The number of hydrogen-bond acceptors (Lipinski definition) is 2. The number of rotatable bonds is 2. The summed E-state index contributed by atoms with van der Waals surface area (Å²) in [6, 6.07) is 0. The Morgan fingerprint density at radius 3 is 1.89 bits per heavy atom. The molecule has 4 aliphatic rings. The minimum absolute atomic E-state index is 0.0972. The fraction of sp³-hybridized carbons (Fsp3) is 0.933. The van der Waals surface area contributed by atoms with Crippen molar-refractivity contribution in [3.63, 3.8) is 0 Å². The number of carbonyl (C=O) groups excluding carboxylic acids is 1. The molecule has 0 spiro atoms. The van der Waals surface area contributed by atoms with Crippen LogP contribution in [0.1, 0.15) is 59.3 Å². The summed E-state index contributed by atoms with van der Waals surface area (Å²) in [6.07, 6.45) is 7.39. The molecule has 0 radical (unpaired) electrons. The third kappa shape index (κ3) is 2.18. The summed E-state index contributed by atoms with van der Waals surface area (Å²) in [5, 5.41) is 0. The average molecular weight is 251 g/mol. The molecule has 0 aromatic heterocycles. The van der Waals surface area contributed by atoms with Gasteiger partial charge in [-0.3, -0.25) is 9.63 Å². The van der Waals surface area contributed by atoms with E-state index in [1.807, 2.05) is 20.8 Å². The van der Waals surface area contributed by atoms with Crippen LogP contribution in [0.15, 0.2) is 0 Å². The van der Waals surface area contributed by atoms with Crippen molar-refractivity contribution in [1.82, 2.24) is 5.48 Å². The van der Waals surface area contributed by atoms with Gasteiger partial charge >= 0.3 is 0 Å². The third-order valence-corrected chi connectivity index (χ3v) is 4.97. The highest BCUT2D eigenvalue weighted by Crippen LogP contribution is 2.60. The van der Waals surface area contributed by atoms with Gasteiger partial charge in [0, 0.05) is 0 Å². The second-order valence-corrected chi connectivity index (χ2v) is 7.84. The lowest BCUT2D eigenvalue weighted by molar-refractivity contribution is -0.169. The predicted octanol–water partition coefficient (Wildman–Crippen LogP) is 3.05. The second-order valence-electron chi connectivity index (χ2n) is 7.84. The Morgan fingerprint density at radius 1 is 1.06 bits per heavy atom. The van der Waals surface area contributed by atoms with Crippen molar-refractivity contribution in [3.05, 3.63) is 0 Å². The Balaban J connectivity index is 1.69. The Bertz CT molecular complexity index is 321. The van der Waals surface area contributed by atoms with Gasteiger partial charge in [0.2, 0.25) is 5.91 Å². The van der Waals surface area contributed by atoms with E-state index in [2.05, 4.69) is 5.48 Å². The first-order valence-electron chi connectivity index (χ1n) is 7.35. The minimum Gasteiger partial charge on any atom is -0.272 e. The number of hydroxylamine groups is 1. The topological polar surface area (TPSA) is 38.3 Å². The summed E-state index contributed by atoms with van der Waals surface area (Å²) in [5.41, 5.74) is 2.34. The first-order chi connectivity index (χ1) is 8.36. The lowest BCUT2D eigenvalue weighted by atomic mass is 9.49. The van der Waals surface area contributed by atoms with E-state index in [-0.39, 0.29) is 16.9 Å². The van der Waals surface area contributed by atoms with Crippen molar-refractivity contribution in [2.24, 2.45) is 23.2 Å². The molecule has 0 saturated heterocycles. The molecule has 3 nitrogen and oxygen atoms in total. The Labute approximate surface area is 110 Å². The van der Waals surface area contributed by atoms with E-state index < -0.39 is 0 Å². The van der Waals surface area contributed by atoms with Crippen LogP contribution in [0.2, 0.25) is 0 Å². The summed E-state index contributed by atoms with van der Waals surface area (Å²) in [4.78, 5) is 18.0. The first-order valence-corrected chi connectivity index (χ1v) is 7.35. The summed E-state index contributed by atoms with van der Waals surface area (Å²) in [7, 11) is 0. The number of nitrogens with one attached hydrogen (secondary N) is 1. The fourth-order valence-electron chi connectivity index (χ4n) is 4.70. The maximum absolute atomic E-state index is 12.5. The summed E-state index contributed by atoms with van der Waals surface area (Å²) in [5.74, 6) is 2.56. The average Bonchev–Trinajstić information content (AvgIpc) is 2.22. The molecule has 4 bridgehead atoms. The molecule has 4 aliphatic carbocycles.